The van der Waals surface area contributed by atoms with Crippen molar-refractivity contribution >= 4 is 0 Å². The molecule has 0 aliphatic heterocycles. The first-order chi connectivity index (χ1) is 7.60. The number of benzene rings is 1. The summed E-state index contributed by atoms with van der Waals surface area (Å²) >= 11 is 0. The summed E-state index contributed by atoms with van der Waals surface area (Å²) in [5.74, 6) is 1.76. The van der Waals surface area contributed by atoms with Gasteiger partial charge in [0.2, 0.25) is 0 Å². The molecule has 0 amide bonds. The molecule has 1 aromatic rings. The van der Waals surface area contributed by atoms with Crippen LogP contribution in [0.25, 0.3) is 0 Å². The number of rotatable bonds is 4. The van der Waals surface area contributed by atoms with Crippen LogP contribution in [-0.4, -0.2) is 0 Å². The molecule has 0 heterocycles. The van der Waals surface area contributed by atoms with Gasteiger partial charge in [0.15, 0.2) is 0 Å². The Bertz CT molecular complexity index is 343. The second kappa shape index (κ2) is 4.24. The van der Waals surface area contributed by atoms with E-state index in [4.69, 9.17) is 0 Å². The molecule has 0 saturated heterocycles. The van der Waals surface area contributed by atoms with E-state index < -0.39 is 0 Å². The van der Waals surface area contributed by atoms with Crippen molar-refractivity contribution in [1.29, 1.82) is 0 Å². The second-order valence-corrected chi connectivity index (χ2v) is 5.72. The van der Waals surface area contributed by atoms with E-state index >= 15 is 0 Å². The molecule has 1 aliphatic carbocycles. The third-order valence-electron chi connectivity index (χ3n) is 4.81. The van der Waals surface area contributed by atoms with Crippen molar-refractivity contribution in [1.82, 2.24) is 0 Å². The summed E-state index contributed by atoms with van der Waals surface area (Å²) in [5, 5.41) is 0. The second-order valence-electron chi connectivity index (χ2n) is 5.72. The number of hydrogen-bond acceptors (Lipinski definition) is 0. The fourth-order valence-electron chi connectivity index (χ4n) is 2.92. The first kappa shape index (κ1) is 11.7. The van der Waals surface area contributed by atoms with E-state index in [9.17, 15) is 0 Å². The van der Waals surface area contributed by atoms with Gasteiger partial charge in [-0.1, -0.05) is 63.4 Å². The molecular weight excluding hydrogens is 192 g/mol. The highest BCUT2D eigenvalue weighted by Gasteiger charge is 2.48. The molecule has 1 fully saturated rings. The quantitative estimate of drug-likeness (QED) is 0.670. The number of hydrogen-bond donors (Lipinski definition) is 0. The summed E-state index contributed by atoms with van der Waals surface area (Å²) in [7, 11) is 0. The molecule has 88 valence electrons. The molecule has 0 bridgehead atoms. The normalized spacial score (nSPS) is 24.5. The third-order valence-corrected chi connectivity index (χ3v) is 4.81. The van der Waals surface area contributed by atoms with Crippen LogP contribution < -0.4 is 0 Å². The Labute approximate surface area is 100 Å². The molecule has 0 radical (unpaired) electrons. The summed E-state index contributed by atoms with van der Waals surface area (Å²) < 4.78 is 0. The van der Waals surface area contributed by atoms with Crippen molar-refractivity contribution in [3.63, 3.8) is 0 Å². The highest BCUT2D eigenvalue weighted by Crippen LogP contribution is 2.59. The van der Waals surface area contributed by atoms with E-state index in [-0.39, 0.29) is 0 Å². The lowest BCUT2D eigenvalue weighted by molar-refractivity contribution is 0.244. The van der Waals surface area contributed by atoms with Gasteiger partial charge in [0.05, 0.1) is 0 Å². The van der Waals surface area contributed by atoms with E-state index in [1.54, 1.807) is 5.56 Å². The van der Waals surface area contributed by atoms with Crippen LogP contribution in [0, 0.1) is 18.3 Å². The van der Waals surface area contributed by atoms with Crippen LogP contribution in [0.2, 0.25) is 0 Å². The molecule has 2 atom stereocenters. The standard InChI is InChI=1S/C16H24/c1-5-16(4,6-2)15-11-14(15)13-9-7-12(3)8-10-13/h7-10,14-15H,5-6,11H2,1-4H3. The van der Waals surface area contributed by atoms with Gasteiger partial charge in [-0.3, -0.25) is 0 Å². The van der Waals surface area contributed by atoms with Gasteiger partial charge >= 0.3 is 0 Å². The average Bonchev–Trinajstić information content (AvgIpc) is 3.10. The fraction of sp³-hybridized carbons (Fsp3) is 0.625. The van der Waals surface area contributed by atoms with Crippen LogP contribution in [0.4, 0.5) is 0 Å². The zero-order chi connectivity index (χ0) is 11.8. The maximum absolute atomic E-state index is 2.46. The summed E-state index contributed by atoms with van der Waals surface area (Å²) in [6, 6.07) is 9.15. The number of aryl methyl sites for hydroxylation is 1. The van der Waals surface area contributed by atoms with Crippen molar-refractivity contribution < 1.29 is 0 Å². The van der Waals surface area contributed by atoms with Gasteiger partial charge in [0.25, 0.3) is 0 Å². The zero-order valence-electron chi connectivity index (χ0n) is 11.1. The smallest absolute Gasteiger partial charge is 0.0125 e. The van der Waals surface area contributed by atoms with Gasteiger partial charge in [-0.25, -0.2) is 0 Å². The molecule has 0 N–H and O–H groups in total. The van der Waals surface area contributed by atoms with E-state index in [2.05, 4.69) is 52.0 Å². The van der Waals surface area contributed by atoms with Crippen LogP contribution in [0.3, 0.4) is 0 Å². The van der Waals surface area contributed by atoms with Gasteiger partial charge in [-0.05, 0) is 36.2 Å². The predicted molar refractivity (Wildman–Crippen MR) is 70.7 cm³/mol. The predicted octanol–water partition coefficient (Wildman–Crippen LogP) is 4.92. The van der Waals surface area contributed by atoms with E-state index in [0.29, 0.717) is 5.41 Å². The molecular formula is C16H24. The molecule has 1 aliphatic rings. The molecule has 2 rings (SSSR count). The fourth-order valence-corrected chi connectivity index (χ4v) is 2.92. The van der Waals surface area contributed by atoms with Gasteiger partial charge in [0, 0.05) is 0 Å². The Balaban J connectivity index is 2.09. The molecule has 2 unspecified atom stereocenters. The van der Waals surface area contributed by atoms with Gasteiger partial charge in [-0.2, -0.15) is 0 Å². The molecule has 1 saturated carbocycles. The third kappa shape index (κ3) is 2.03. The minimum Gasteiger partial charge on any atom is -0.0649 e. The summed E-state index contributed by atoms with van der Waals surface area (Å²) in [6.45, 7) is 9.31. The summed E-state index contributed by atoms with van der Waals surface area (Å²) in [5.41, 5.74) is 3.49. The van der Waals surface area contributed by atoms with Gasteiger partial charge < -0.3 is 0 Å². The van der Waals surface area contributed by atoms with Crippen molar-refractivity contribution in [3.05, 3.63) is 35.4 Å². The summed E-state index contributed by atoms with van der Waals surface area (Å²) in [6.07, 6.45) is 4.04. The molecule has 0 aromatic heterocycles. The molecule has 16 heavy (non-hydrogen) atoms. The Morgan fingerprint density at radius 1 is 1.12 bits per heavy atom. The van der Waals surface area contributed by atoms with E-state index in [0.717, 1.165) is 11.8 Å². The molecule has 0 nitrogen and oxygen atoms in total. The molecule has 0 heteroatoms. The van der Waals surface area contributed by atoms with Crippen molar-refractivity contribution in [2.24, 2.45) is 11.3 Å². The topological polar surface area (TPSA) is 0 Å². The minimum absolute atomic E-state index is 0.565. The lowest BCUT2D eigenvalue weighted by Crippen LogP contribution is -2.17. The highest BCUT2D eigenvalue weighted by molar-refractivity contribution is 5.29. The van der Waals surface area contributed by atoms with Crippen LogP contribution in [0.5, 0.6) is 0 Å². The average molecular weight is 216 g/mol. The Morgan fingerprint density at radius 2 is 1.69 bits per heavy atom. The zero-order valence-corrected chi connectivity index (χ0v) is 11.1. The van der Waals surface area contributed by atoms with Crippen LogP contribution in [-0.2, 0) is 0 Å². The van der Waals surface area contributed by atoms with Gasteiger partial charge in [-0.15, -0.1) is 0 Å². The van der Waals surface area contributed by atoms with Crippen molar-refractivity contribution in [3.8, 4) is 0 Å². The first-order valence-corrected chi connectivity index (χ1v) is 6.67. The van der Waals surface area contributed by atoms with Crippen LogP contribution >= 0.6 is 0 Å². The maximum atomic E-state index is 2.46. The molecule has 1 aromatic carbocycles. The first-order valence-electron chi connectivity index (χ1n) is 6.67. The van der Waals surface area contributed by atoms with Crippen molar-refractivity contribution in [2.75, 3.05) is 0 Å². The lowest BCUT2D eigenvalue weighted by Gasteiger charge is -2.27. The van der Waals surface area contributed by atoms with Crippen molar-refractivity contribution in [2.45, 2.75) is 52.9 Å². The Hall–Kier alpha value is -0.780. The Morgan fingerprint density at radius 3 is 2.19 bits per heavy atom. The summed E-state index contributed by atoms with van der Waals surface area (Å²) in [4.78, 5) is 0. The van der Waals surface area contributed by atoms with Gasteiger partial charge in [0.1, 0.15) is 0 Å². The van der Waals surface area contributed by atoms with E-state index in [1.807, 2.05) is 0 Å². The maximum Gasteiger partial charge on any atom is -0.0125 e. The minimum atomic E-state index is 0.565. The lowest BCUT2D eigenvalue weighted by atomic mass is 9.78. The SMILES string of the molecule is CCC(C)(CC)C1CC1c1ccc(C)cc1. The largest absolute Gasteiger partial charge is 0.0649 e. The molecule has 0 spiro atoms. The van der Waals surface area contributed by atoms with E-state index in [1.165, 1.54) is 24.8 Å². The van der Waals surface area contributed by atoms with Crippen LogP contribution in [0.15, 0.2) is 24.3 Å². The van der Waals surface area contributed by atoms with Crippen LogP contribution in [0.1, 0.15) is 57.1 Å². The Kier molecular flexibility index (Phi) is 3.10. The highest BCUT2D eigenvalue weighted by atomic mass is 14.5. The monoisotopic (exact) mass is 216 g/mol.